The van der Waals surface area contributed by atoms with Crippen LogP contribution in [0.15, 0.2) is 42.5 Å². The Hall–Kier alpha value is -4.15. The Kier molecular flexibility index (Phi) is 4.42. The van der Waals surface area contributed by atoms with E-state index < -0.39 is 32.1 Å². The summed E-state index contributed by atoms with van der Waals surface area (Å²) in [6, 6.07) is 10.7. The highest BCUT2D eigenvalue weighted by atomic mass is 16.6. The molecular formula is C23H22N6O5. The van der Waals surface area contributed by atoms with Crippen molar-refractivity contribution in [3.05, 3.63) is 74.1 Å². The first-order valence-corrected chi connectivity index (χ1v) is 10.8. The van der Waals surface area contributed by atoms with Gasteiger partial charge in [-0.05, 0) is 36.5 Å². The van der Waals surface area contributed by atoms with E-state index in [2.05, 4.69) is 17.8 Å². The van der Waals surface area contributed by atoms with Gasteiger partial charge in [0.2, 0.25) is 0 Å². The van der Waals surface area contributed by atoms with Crippen LogP contribution in [0.1, 0.15) is 45.0 Å². The number of nitrogens with one attached hydrogen (secondary N) is 2. The number of fused-ring (bicyclic) bond motifs is 6. The fraction of sp³-hybridized carbons (Fsp3) is 0.348. The van der Waals surface area contributed by atoms with Gasteiger partial charge in [-0.25, -0.2) is 9.97 Å². The predicted octanol–water partition coefficient (Wildman–Crippen LogP) is 3.92. The van der Waals surface area contributed by atoms with Gasteiger partial charge in [-0.2, -0.15) is 0 Å². The Labute approximate surface area is 193 Å². The first kappa shape index (κ1) is 21.7. The lowest BCUT2D eigenvalue weighted by atomic mass is 9.63. The number of nitrogens with zero attached hydrogens (tertiary/aromatic N) is 4. The van der Waals surface area contributed by atoms with Crippen LogP contribution in [0.2, 0.25) is 0 Å². The Morgan fingerprint density at radius 1 is 0.941 bits per heavy atom. The first-order chi connectivity index (χ1) is 16.0. The summed E-state index contributed by atoms with van der Waals surface area (Å²) in [5, 5.41) is 22.5. The summed E-state index contributed by atoms with van der Waals surface area (Å²) in [6.07, 6.45) is 1.29. The Bertz CT molecular complexity index is 1410. The molecule has 0 saturated heterocycles. The monoisotopic (exact) mass is 462 g/mol. The molecule has 1 saturated carbocycles. The summed E-state index contributed by atoms with van der Waals surface area (Å²) in [4.78, 5) is 44.6. The number of carbonyl (C=O) groups is 1. The van der Waals surface area contributed by atoms with Crippen LogP contribution in [0.4, 0.5) is 17.1 Å². The molecule has 1 aromatic heterocycles. The zero-order valence-corrected chi connectivity index (χ0v) is 18.8. The minimum Gasteiger partial charge on any atom is -0.292 e. The van der Waals surface area contributed by atoms with Gasteiger partial charge in [0.1, 0.15) is 11.1 Å². The lowest BCUT2D eigenvalue weighted by molar-refractivity contribution is -0.393. The van der Waals surface area contributed by atoms with Crippen molar-refractivity contribution in [3.8, 4) is 0 Å². The highest BCUT2D eigenvalue weighted by Crippen LogP contribution is 2.70. The van der Waals surface area contributed by atoms with Crippen LogP contribution >= 0.6 is 0 Å². The number of nitro benzene ring substituents is 2. The maximum absolute atomic E-state index is 13.8. The molecule has 174 valence electrons. The Morgan fingerprint density at radius 3 is 2.21 bits per heavy atom. The molecule has 11 heteroatoms. The second kappa shape index (κ2) is 6.92. The number of hydrazine groups is 1. The van der Waals surface area contributed by atoms with E-state index in [1.165, 1.54) is 6.07 Å². The third-order valence-corrected chi connectivity index (χ3v) is 8.03. The summed E-state index contributed by atoms with van der Waals surface area (Å²) >= 11 is 0. The predicted molar refractivity (Wildman–Crippen MR) is 123 cm³/mol. The van der Waals surface area contributed by atoms with Crippen molar-refractivity contribution in [2.45, 2.75) is 44.4 Å². The van der Waals surface area contributed by atoms with Gasteiger partial charge >= 0.3 is 5.69 Å². The molecule has 1 fully saturated rings. The molecule has 3 aromatic rings. The molecule has 2 aromatic carbocycles. The number of carbonyl (C=O) groups excluding carboxylic acids is 1. The van der Waals surface area contributed by atoms with Gasteiger partial charge in [-0.15, -0.1) is 0 Å². The molecule has 1 heterocycles. The standard InChI is InChI=1S/C23H22N6O5/c1-21(2)22(3)10-11-23(21,19-18(22)24-14-6-4-5-7-15(14)25-19)20(30)27-26-16-9-8-13(28(31)32)12-17(16)29(33)34/h4-9,12,26H,10-11H2,1-3H3,(H,27,30). The number of para-hydroxylation sites is 2. The molecule has 2 aliphatic rings. The molecule has 5 rings (SSSR count). The number of rotatable bonds is 5. The number of benzene rings is 2. The van der Waals surface area contributed by atoms with Crippen LogP contribution in [0.5, 0.6) is 0 Å². The first-order valence-electron chi connectivity index (χ1n) is 10.8. The molecular weight excluding hydrogens is 440 g/mol. The topological polar surface area (TPSA) is 153 Å². The van der Waals surface area contributed by atoms with Crippen LogP contribution in [-0.4, -0.2) is 25.7 Å². The van der Waals surface area contributed by atoms with Crippen LogP contribution in [0.3, 0.4) is 0 Å². The largest absolute Gasteiger partial charge is 0.300 e. The van der Waals surface area contributed by atoms with Crippen LogP contribution in [0.25, 0.3) is 11.0 Å². The van der Waals surface area contributed by atoms with Crippen molar-refractivity contribution in [1.29, 1.82) is 0 Å². The van der Waals surface area contributed by atoms with Crippen LogP contribution < -0.4 is 10.9 Å². The van der Waals surface area contributed by atoms with E-state index in [1.807, 2.05) is 38.1 Å². The highest BCUT2D eigenvalue weighted by Gasteiger charge is 2.73. The molecule has 11 nitrogen and oxygen atoms in total. The van der Waals surface area contributed by atoms with Crippen molar-refractivity contribution >= 4 is 34.0 Å². The molecule has 2 bridgehead atoms. The summed E-state index contributed by atoms with van der Waals surface area (Å²) < 4.78 is 0. The normalized spacial score (nSPS) is 24.0. The van der Waals surface area contributed by atoms with Crippen molar-refractivity contribution in [2.24, 2.45) is 5.41 Å². The second-order valence-electron chi connectivity index (χ2n) is 9.57. The smallest absolute Gasteiger partial charge is 0.292 e. The fourth-order valence-electron chi connectivity index (χ4n) is 5.67. The summed E-state index contributed by atoms with van der Waals surface area (Å²) in [5.41, 5.74) is 5.25. The van der Waals surface area contributed by atoms with E-state index in [1.54, 1.807) is 0 Å². The molecule has 34 heavy (non-hydrogen) atoms. The number of aromatic nitrogens is 2. The lowest BCUT2D eigenvalue weighted by Gasteiger charge is -2.39. The van der Waals surface area contributed by atoms with Gasteiger partial charge in [-0.3, -0.25) is 35.9 Å². The van der Waals surface area contributed by atoms with Gasteiger partial charge < -0.3 is 0 Å². The van der Waals surface area contributed by atoms with E-state index in [4.69, 9.17) is 9.97 Å². The van der Waals surface area contributed by atoms with Crippen molar-refractivity contribution in [3.63, 3.8) is 0 Å². The van der Waals surface area contributed by atoms with Gasteiger partial charge in [0.25, 0.3) is 11.6 Å². The molecule has 1 amide bonds. The Morgan fingerprint density at radius 2 is 1.59 bits per heavy atom. The van der Waals surface area contributed by atoms with E-state index in [0.29, 0.717) is 17.6 Å². The molecule has 0 aliphatic heterocycles. The van der Waals surface area contributed by atoms with E-state index in [0.717, 1.165) is 29.8 Å². The SMILES string of the molecule is CC12CCC(C(=O)NNc3ccc([N+](=O)[O-])cc3[N+](=O)[O-])(c3nc4ccccc4nc31)C2(C)C. The average molecular weight is 462 g/mol. The molecule has 2 atom stereocenters. The number of hydrogen-bond donors (Lipinski definition) is 2. The Balaban J connectivity index is 1.55. The summed E-state index contributed by atoms with van der Waals surface area (Å²) in [7, 11) is 0. The number of amides is 1. The van der Waals surface area contributed by atoms with E-state index >= 15 is 0 Å². The number of non-ortho nitro benzene ring substituents is 1. The second-order valence-corrected chi connectivity index (χ2v) is 9.57. The average Bonchev–Trinajstić information content (AvgIpc) is 3.10. The molecule has 0 spiro atoms. The molecule has 2 N–H and O–H groups in total. The number of nitro groups is 2. The van der Waals surface area contributed by atoms with Gasteiger partial charge in [0.15, 0.2) is 0 Å². The van der Waals surface area contributed by atoms with Crippen molar-refractivity contribution in [1.82, 2.24) is 15.4 Å². The van der Waals surface area contributed by atoms with Crippen molar-refractivity contribution < 1.29 is 14.6 Å². The lowest BCUT2D eigenvalue weighted by Crippen LogP contribution is -2.52. The maximum Gasteiger partial charge on any atom is 0.300 e. The fourth-order valence-corrected chi connectivity index (χ4v) is 5.67. The third-order valence-electron chi connectivity index (χ3n) is 8.03. The summed E-state index contributed by atoms with van der Waals surface area (Å²) in [6.45, 7) is 6.16. The van der Waals surface area contributed by atoms with Crippen molar-refractivity contribution in [2.75, 3.05) is 5.43 Å². The van der Waals surface area contributed by atoms with Gasteiger partial charge in [0, 0.05) is 11.5 Å². The molecule has 2 aliphatic carbocycles. The molecule has 0 radical (unpaired) electrons. The van der Waals surface area contributed by atoms with Gasteiger partial charge in [-0.1, -0.05) is 32.9 Å². The maximum atomic E-state index is 13.8. The highest BCUT2D eigenvalue weighted by molar-refractivity contribution is 5.93. The molecule has 2 unspecified atom stereocenters. The number of hydrogen-bond acceptors (Lipinski definition) is 8. The minimum absolute atomic E-state index is 0.0540. The quantitative estimate of drug-likeness (QED) is 0.427. The zero-order chi connectivity index (χ0) is 24.5. The number of anilines is 1. The van der Waals surface area contributed by atoms with Crippen LogP contribution in [-0.2, 0) is 15.6 Å². The van der Waals surface area contributed by atoms with E-state index in [9.17, 15) is 25.0 Å². The van der Waals surface area contributed by atoms with E-state index in [-0.39, 0.29) is 17.0 Å². The minimum atomic E-state index is -1.00. The summed E-state index contributed by atoms with van der Waals surface area (Å²) in [5.74, 6) is -0.378. The zero-order valence-electron chi connectivity index (χ0n) is 18.8. The van der Waals surface area contributed by atoms with Crippen LogP contribution in [0, 0.1) is 25.6 Å². The van der Waals surface area contributed by atoms with Gasteiger partial charge in [0.05, 0.1) is 38.3 Å². The third kappa shape index (κ3) is 2.60.